The molecule has 4 nitrogen and oxygen atoms in total. The maximum absolute atomic E-state index is 11.0. The first-order valence-corrected chi connectivity index (χ1v) is 4.74. The van der Waals surface area contributed by atoms with Gasteiger partial charge < -0.3 is 16.2 Å². The Balaban J connectivity index is 3.02. The molecular weight excluding hydrogens is 248 g/mol. The van der Waals surface area contributed by atoms with E-state index >= 15 is 0 Å². The number of carbonyl (C=O) groups is 1. The fraction of sp³-hybridized carbons (Fsp3) is 0.222. The molecule has 0 atom stereocenters. The van der Waals surface area contributed by atoms with Gasteiger partial charge in [-0.1, -0.05) is 0 Å². The van der Waals surface area contributed by atoms with Crippen molar-refractivity contribution in [1.29, 1.82) is 0 Å². The number of hydrogen-bond donors (Lipinski definition) is 2. The molecule has 4 N–H and O–H groups in total. The number of nitrogens with two attached hydrogens (primary N) is 2. The number of ether oxygens (including phenoxy) is 1. The molecule has 0 saturated heterocycles. The standard InChI is InChI=1S/C9H11BrN2O2/c1-14-8(13)3-5-2-6(11)4-7(10)9(5)12/h2,4H,3,11-12H2,1H3. The second kappa shape index (κ2) is 4.32. The second-order valence-corrected chi connectivity index (χ2v) is 3.68. The van der Waals surface area contributed by atoms with Gasteiger partial charge in [-0.15, -0.1) is 0 Å². The Kier molecular flexibility index (Phi) is 3.35. The van der Waals surface area contributed by atoms with Crippen LogP contribution in [0, 0.1) is 0 Å². The summed E-state index contributed by atoms with van der Waals surface area (Å²) in [6.07, 6.45) is 0.131. The number of hydrogen-bond acceptors (Lipinski definition) is 4. The van der Waals surface area contributed by atoms with Crippen LogP contribution in [0.4, 0.5) is 11.4 Å². The number of esters is 1. The molecule has 0 aliphatic rings. The summed E-state index contributed by atoms with van der Waals surface area (Å²) in [7, 11) is 1.33. The summed E-state index contributed by atoms with van der Waals surface area (Å²) in [6.45, 7) is 0. The maximum atomic E-state index is 11.0. The summed E-state index contributed by atoms with van der Waals surface area (Å²) in [6, 6.07) is 3.35. The van der Waals surface area contributed by atoms with E-state index in [1.165, 1.54) is 7.11 Å². The first-order chi connectivity index (χ1) is 6.54. The Morgan fingerprint density at radius 3 is 2.71 bits per heavy atom. The minimum atomic E-state index is -0.339. The van der Waals surface area contributed by atoms with Gasteiger partial charge in [0.15, 0.2) is 0 Å². The van der Waals surface area contributed by atoms with Crippen LogP contribution in [-0.4, -0.2) is 13.1 Å². The van der Waals surface area contributed by atoms with E-state index in [0.717, 1.165) is 0 Å². The van der Waals surface area contributed by atoms with Gasteiger partial charge in [-0.3, -0.25) is 4.79 Å². The van der Waals surface area contributed by atoms with Crippen molar-refractivity contribution in [3.8, 4) is 0 Å². The molecule has 0 aromatic heterocycles. The predicted molar refractivity (Wildman–Crippen MR) is 58.7 cm³/mol. The quantitative estimate of drug-likeness (QED) is 0.620. The highest BCUT2D eigenvalue weighted by molar-refractivity contribution is 9.10. The highest BCUT2D eigenvalue weighted by Gasteiger charge is 2.09. The van der Waals surface area contributed by atoms with Gasteiger partial charge in [-0.25, -0.2) is 0 Å². The van der Waals surface area contributed by atoms with Gasteiger partial charge in [-0.05, 0) is 33.6 Å². The van der Waals surface area contributed by atoms with Gasteiger partial charge in [-0.2, -0.15) is 0 Å². The van der Waals surface area contributed by atoms with Gasteiger partial charge in [0.25, 0.3) is 0 Å². The first-order valence-electron chi connectivity index (χ1n) is 3.94. The molecule has 1 aromatic rings. The van der Waals surface area contributed by atoms with Gasteiger partial charge in [0.2, 0.25) is 0 Å². The third-order valence-electron chi connectivity index (χ3n) is 1.80. The normalized spacial score (nSPS) is 9.86. The van der Waals surface area contributed by atoms with Crippen molar-refractivity contribution in [2.75, 3.05) is 18.6 Å². The molecule has 0 fully saturated rings. The second-order valence-electron chi connectivity index (χ2n) is 2.83. The SMILES string of the molecule is COC(=O)Cc1cc(N)cc(Br)c1N. The van der Waals surface area contributed by atoms with E-state index in [0.29, 0.717) is 21.4 Å². The smallest absolute Gasteiger partial charge is 0.310 e. The van der Waals surface area contributed by atoms with E-state index in [-0.39, 0.29) is 12.4 Å². The van der Waals surface area contributed by atoms with Crippen molar-refractivity contribution in [1.82, 2.24) is 0 Å². The summed E-state index contributed by atoms with van der Waals surface area (Å²) < 4.78 is 5.23. The molecule has 1 rings (SSSR count). The number of anilines is 2. The number of methoxy groups -OCH3 is 1. The molecule has 0 bridgehead atoms. The van der Waals surface area contributed by atoms with E-state index in [4.69, 9.17) is 11.5 Å². The van der Waals surface area contributed by atoms with E-state index < -0.39 is 0 Å². The third-order valence-corrected chi connectivity index (χ3v) is 2.46. The highest BCUT2D eigenvalue weighted by Crippen LogP contribution is 2.27. The van der Waals surface area contributed by atoms with Crippen molar-refractivity contribution in [2.24, 2.45) is 0 Å². The molecule has 0 amide bonds. The zero-order valence-corrected chi connectivity index (χ0v) is 9.30. The van der Waals surface area contributed by atoms with Crippen molar-refractivity contribution < 1.29 is 9.53 Å². The summed E-state index contributed by atoms with van der Waals surface area (Å²) in [5, 5.41) is 0. The number of nitrogen functional groups attached to an aromatic ring is 2. The van der Waals surface area contributed by atoms with Gasteiger partial charge in [0.1, 0.15) is 0 Å². The van der Waals surface area contributed by atoms with Crippen LogP contribution in [0.25, 0.3) is 0 Å². The lowest BCUT2D eigenvalue weighted by Gasteiger charge is -2.07. The zero-order valence-electron chi connectivity index (χ0n) is 7.71. The van der Waals surface area contributed by atoms with Crippen molar-refractivity contribution in [2.45, 2.75) is 6.42 Å². The molecule has 5 heteroatoms. The average Bonchev–Trinajstić information content (AvgIpc) is 2.13. The topological polar surface area (TPSA) is 78.3 Å². The Labute approximate surface area is 90.3 Å². The molecule has 0 spiro atoms. The highest BCUT2D eigenvalue weighted by atomic mass is 79.9. The number of carbonyl (C=O) groups excluding carboxylic acids is 1. The van der Waals surface area contributed by atoms with Crippen LogP contribution in [0.2, 0.25) is 0 Å². The lowest BCUT2D eigenvalue weighted by Crippen LogP contribution is -2.07. The maximum Gasteiger partial charge on any atom is 0.310 e. The van der Waals surface area contributed by atoms with Crippen LogP contribution in [0.3, 0.4) is 0 Å². The van der Waals surface area contributed by atoms with Gasteiger partial charge in [0.05, 0.1) is 13.5 Å². The van der Waals surface area contributed by atoms with Gasteiger partial charge >= 0.3 is 5.97 Å². The van der Waals surface area contributed by atoms with Crippen LogP contribution in [0.15, 0.2) is 16.6 Å². The minimum Gasteiger partial charge on any atom is -0.469 e. The first kappa shape index (κ1) is 10.8. The summed E-state index contributed by atoms with van der Waals surface area (Å²) in [5.74, 6) is -0.339. The third kappa shape index (κ3) is 2.38. The Morgan fingerprint density at radius 2 is 2.14 bits per heavy atom. The van der Waals surface area contributed by atoms with E-state index in [2.05, 4.69) is 20.7 Å². The molecule has 14 heavy (non-hydrogen) atoms. The fourth-order valence-corrected chi connectivity index (χ4v) is 1.59. The van der Waals surface area contributed by atoms with E-state index in [9.17, 15) is 4.79 Å². The van der Waals surface area contributed by atoms with Crippen LogP contribution in [0.5, 0.6) is 0 Å². The van der Waals surface area contributed by atoms with Crippen LogP contribution >= 0.6 is 15.9 Å². The fourth-order valence-electron chi connectivity index (χ4n) is 1.07. The zero-order chi connectivity index (χ0) is 10.7. The largest absolute Gasteiger partial charge is 0.469 e. The number of benzene rings is 1. The molecule has 0 heterocycles. The number of halogens is 1. The monoisotopic (exact) mass is 258 g/mol. The summed E-state index contributed by atoms with van der Waals surface area (Å²) in [5.41, 5.74) is 13.1. The molecule has 0 unspecified atom stereocenters. The minimum absolute atomic E-state index is 0.131. The van der Waals surface area contributed by atoms with Crippen molar-refractivity contribution in [3.05, 3.63) is 22.2 Å². The Morgan fingerprint density at radius 1 is 1.50 bits per heavy atom. The average molecular weight is 259 g/mol. The lowest BCUT2D eigenvalue weighted by atomic mass is 10.1. The molecule has 0 aliphatic heterocycles. The van der Waals surface area contributed by atoms with Crippen LogP contribution < -0.4 is 11.5 Å². The Hall–Kier alpha value is -1.23. The molecule has 0 saturated carbocycles. The molecular formula is C9H11BrN2O2. The molecule has 0 aliphatic carbocycles. The predicted octanol–water partition coefficient (Wildman–Crippen LogP) is 1.33. The van der Waals surface area contributed by atoms with E-state index in [1.54, 1.807) is 12.1 Å². The Bertz CT molecular complexity index is 366. The summed E-state index contributed by atoms with van der Waals surface area (Å²) >= 11 is 3.25. The van der Waals surface area contributed by atoms with Crippen molar-refractivity contribution >= 4 is 33.3 Å². The number of rotatable bonds is 2. The molecule has 0 radical (unpaired) electrons. The molecule has 1 aromatic carbocycles. The lowest BCUT2D eigenvalue weighted by molar-refractivity contribution is -0.139. The van der Waals surface area contributed by atoms with Crippen molar-refractivity contribution in [3.63, 3.8) is 0 Å². The van der Waals surface area contributed by atoms with Crippen LogP contribution in [-0.2, 0) is 16.0 Å². The summed E-state index contributed by atoms with van der Waals surface area (Å²) in [4.78, 5) is 11.0. The molecule has 76 valence electrons. The van der Waals surface area contributed by atoms with Gasteiger partial charge in [0, 0.05) is 15.8 Å². The van der Waals surface area contributed by atoms with E-state index in [1.807, 2.05) is 0 Å². The van der Waals surface area contributed by atoms with Crippen LogP contribution in [0.1, 0.15) is 5.56 Å².